The van der Waals surface area contributed by atoms with E-state index in [0.29, 0.717) is 12.0 Å². The first-order chi connectivity index (χ1) is 17.0. The Morgan fingerprint density at radius 3 is 1.69 bits per heavy atom. The minimum absolute atomic E-state index is 0.135. The maximum atomic E-state index is 12.7. The van der Waals surface area contributed by atoms with E-state index in [1.54, 1.807) is 6.92 Å². The Hall–Kier alpha value is -0.980. The Labute approximate surface area is 218 Å². The molecule has 35 heavy (non-hydrogen) atoms. The number of likely N-dealkylation sites (tertiary alicyclic amines) is 1. The van der Waals surface area contributed by atoms with Crippen LogP contribution in [0.5, 0.6) is 0 Å². The lowest BCUT2D eigenvalue weighted by Crippen LogP contribution is -2.46. The fourth-order valence-electron chi connectivity index (χ4n) is 4.53. The van der Waals surface area contributed by atoms with Crippen molar-refractivity contribution in [2.75, 3.05) is 52.4 Å². The minimum Gasteiger partial charge on any atom is -0.377 e. The molecule has 1 saturated carbocycles. The highest BCUT2D eigenvalue weighted by Crippen LogP contribution is 2.31. The van der Waals surface area contributed by atoms with E-state index in [-0.39, 0.29) is 17.6 Å². The van der Waals surface area contributed by atoms with Crippen molar-refractivity contribution >= 4 is 11.7 Å². The molecule has 0 unspecified atom stereocenters. The van der Waals surface area contributed by atoms with Crippen molar-refractivity contribution in [3.8, 4) is 0 Å². The third-order valence-corrected chi connectivity index (χ3v) is 6.38. The summed E-state index contributed by atoms with van der Waals surface area (Å²) in [6.45, 7) is 25.8. The van der Waals surface area contributed by atoms with Gasteiger partial charge in [-0.1, -0.05) is 61.8 Å². The van der Waals surface area contributed by atoms with Crippen molar-refractivity contribution in [1.82, 2.24) is 15.1 Å². The molecule has 0 aromatic carbocycles. The summed E-state index contributed by atoms with van der Waals surface area (Å²) in [7, 11) is 0. The first kappa shape index (κ1) is 36.2. The first-order valence-corrected chi connectivity index (χ1v) is 14.9. The number of hydrogen-bond acceptors (Lipinski definition) is 5. The standard InChI is InChI=1S/C20H35N3O3.C3H8.3C2H6/c1-16(24)17-2-4-18(5-3-17)20(25)23-10-6-19(7-11-23)26-15-14-22-12-8-21-9-13-22;1-3-2;3*1-2/h17-19,21H,2-15H2,1H3;3H2,1-2H3;3*1-2H3. The van der Waals surface area contributed by atoms with Crippen molar-refractivity contribution in [1.29, 1.82) is 0 Å². The number of ether oxygens (including phenoxy) is 1. The van der Waals surface area contributed by atoms with E-state index in [4.69, 9.17) is 4.74 Å². The van der Waals surface area contributed by atoms with E-state index in [9.17, 15) is 9.59 Å². The highest BCUT2D eigenvalue weighted by Gasteiger charge is 2.32. The van der Waals surface area contributed by atoms with Gasteiger partial charge >= 0.3 is 0 Å². The molecule has 3 fully saturated rings. The van der Waals surface area contributed by atoms with Crippen molar-refractivity contribution in [2.45, 2.75) is 113 Å². The molecule has 6 nitrogen and oxygen atoms in total. The highest BCUT2D eigenvalue weighted by atomic mass is 16.5. The highest BCUT2D eigenvalue weighted by molar-refractivity contribution is 5.81. The Morgan fingerprint density at radius 1 is 0.771 bits per heavy atom. The van der Waals surface area contributed by atoms with Gasteiger partial charge in [-0.05, 0) is 45.4 Å². The lowest BCUT2D eigenvalue weighted by Gasteiger charge is -2.36. The molecule has 6 heteroatoms. The van der Waals surface area contributed by atoms with Gasteiger partial charge in [0.25, 0.3) is 0 Å². The van der Waals surface area contributed by atoms with Crippen LogP contribution in [0, 0.1) is 11.8 Å². The van der Waals surface area contributed by atoms with Crippen LogP contribution in [0.25, 0.3) is 0 Å². The minimum atomic E-state index is 0.135. The average Bonchev–Trinajstić information content (AvgIpc) is 2.93. The average molecular weight is 500 g/mol. The van der Waals surface area contributed by atoms with Crippen LogP contribution >= 0.6 is 0 Å². The SMILES string of the molecule is CC.CC.CC.CC(=O)C1CCC(C(=O)N2CCC(OCCN3CCNCC3)CC2)CC1.CCC. The molecule has 3 rings (SSSR count). The third kappa shape index (κ3) is 15.7. The van der Waals surface area contributed by atoms with Gasteiger partial charge in [-0.15, -0.1) is 0 Å². The van der Waals surface area contributed by atoms with Gasteiger partial charge in [-0.25, -0.2) is 0 Å². The summed E-state index contributed by atoms with van der Waals surface area (Å²) >= 11 is 0. The molecular weight excluding hydrogens is 438 g/mol. The number of piperidine rings is 1. The second-order valence-electron chi connectivity index (χ2n) is 8.85. The van der Waals surface area contributed by atoms with Crippen molar-refractivity contribution < 1.29 is 14.3 Å². The Balaban J connectivity index is 0. The molecule has 0 bridgehead atoms. The molecule has 2 aliphatic heterocycles. The molecule has 0 spiro atoms. The van der Waals surface area contributed by atoms with Crippen LogP contribution in [0.2, 0.25) is 0 Å². The maximum absolute atomic E-state index is 12.7. The molecule has 1 amide bonds. The van der Waals surface area contributed by atoms with Gasteiger partial charge in [0.15, 0.2) is 0 Å². The van der Waals surface area contributed by atoms with E-state index in [0.717, 1.165) is 90.9 Å². The molecule has 1 aliphatic carbocycles. The van der Waals surface area contributed by atoms with Gasteiger partial charge in [-0.3, -0.25) is 14.5 Å². The van der Waals surface area contributed by atoms with Crippen LogP contribution in [-0.2, 0) is 14.3 Å². The predicted octanol–water partition coefficient (Wildman–Crippen LogP) is 5.79. The lowest BCUT2D eigenvalue weighted by molar-refractivity contribution is -0.140. The monoisotopic (exact) mass is 499 g/mol. The van der Waals surface area contributed by atoms with Gasteiger partial charge in [-0.2, -0.15) is 0 Å². The molecule has 2 heterocycles. The van der Waals surface area contributed by atoms with Crippen LogP contribution in [0.3, 0.4) is 0 Å². The zero-order valence-electron chi connectivity index (χ0n) is 25.0. The van der Waals surface area contributed by atoms with E-state index >= 15 is 0 Å². The molecule has 0 atom stereocenters. The number of amides is 1. The topological polar surface area (TPSA) is 61.9 Å². The lowest BCUT2D eigenvalue weighted by atomic mass is 9.79. The zero-order chi connectivity index (χ0) is 27.1. The molecular formula is C29H61N3O3. The van der Waals surface area contributed by atoms with Crippen LogP contribution in [0.15, 0.2) is 0 Å². The summed E-state index contributed by atoms with van der Waals surface area (Å²) in [5.41, 5.74) is 0. The molecule has 1 N–H and O–H groups in total. The number of nitrogens with one attached hydrogen (secondary N) is 1. The molecule has 0 aromatic rings. The second-order valence-corrected chi connectivity index (χ2v) is 8.85. The van der Waals surface area contributed by atoms with Gasteiger partial charge in [0.2, 0.25) is 5.91 Å². The number of carbonyl (C=O) groups excluding carboxylic acids is 2. The van der Waals surface area contributed by atoms with Crippen molar-refractivity contribution in [2.24, 2.45) is 11.8 Å². The Bertz CT molecular complexity index is 480. The number of hydrogen-bond donors (Lipinski definition) is 1. The summed E-state index contributed by atoms with van der Waals surface area (Å²) in [6.07, 6.45) is 6.99. The molecule has 0 radical (unpaired) electrons. The van der Waals surface area contributed by atoms with E-state index in [1.165, 1.54) is 6.42 Å². The number of ketones is 1. The maximum Gasteiger partial charge on any atom is 0.225 e. The Morgan fingerprint density at radius 2 is 1.23 bits per heavy atom. The number of piperazine rings is 1. The number of nitrogens with zero attached hydrogens (tertiary/aromatic N) is 2. The van der Waals surface area contributed by atoms with Gasteiger partial charge < -0.3 is 15.0 Å². The quantitative estimate of drug-likeness (QED) is 0.501. The van der Waals surface area contributed by atoms with Crippen LogP contribution in [0.1, 0.15) is 107 Å². The smallest absolute Gasteiger partial charge is 0.225 e. The summed E-state index contributed by atoms with van der Waals surface area (Å²) < 4.78 is 6.06. The van der Waals surface area contributed by atoms with Crippen molar-refractivity contribution in [3.05, 3.63) is 0 Å². The summed E-state index contributed by atoms with van der Waals surface area (Å²) in [5.74, 6) is 0.922. The van der Waals surface area contributed by atoms with Gasteiger partial charge in [0.05, 0.1) is 12.7 Å². The third-order valence-electron chi connectivity index (χ3n) is 6.38. The van der Waals surface area contributed by atoms with Gasteiger partial charge in [0, 0.05) is 57.6 Å². The van der Waals surface area contributed by atoms with E-state index in [1.807, 2.05) is 46.4 Å². The normalized spacial score (nSPS) is 22.5. The fraction of sp³-hybridized carbons (Fsp3) is 0.931. The van der Waals surface area contributed by atoms with Crippen LogP contribution < -0.4 is 5.32 Å². The summed E-state index contributed by atoms with van der Waals surface area (Å²) in [5, 5.41) is 3.37. The summed E-state index contributed by atoms with van der Waals surface area (Å²) in [4.78, 5) is 28.7. The Kier molecular flexibility index (Phi) is 25.5. The fourth-order valence-corrected chi connectivity index (χ4v) is 4.53. The second kappa shape index (κ2) is 24.7. The molecule has 0 aromatic heterocycles. The van der Waals surface area contributed by atoms with E-state index in [2.05, 4.69) is 24.1 Å². The number of rotatable bonds is 6. The zero-order valence-corrected chi connectivity index (χ0v) is 25.0. The van der Waals surface area contributed by atoms with Gasteiger partial charge in [0.1, 0.15) is 5.78 Å². The molecule has 2 saturated heterocycles. The molecule has 210 valence electrons. The first-order valence-electron chi connectivity index (χ1n) is 14.9. The number of Topliss-reactive ketones (excluding diaryl/α,β-unsaturated/α-hetero) is 1. The van der Waals surface area contributed by atoms with Crippen LogP contribution in [-0.4, -0.2) is 80.0 Å². The van der Waals surface area contributed by atoms with Crippen molar-refractivity contribution in [3.63, 3.8) is 0 Å². The van der Waals surface area contributed by atoms with Crippen LogP contribution in [0.4, 0.5) is 0 Å². The molecule has 3 aliphatic rings. The predicted molar refractivity (Wildman–Crippen MR) is 151 cm³/mol. The van der Waals surface area contributed by atoms with E-state index < -0.39 is 0 Å². The largest absolute Gasteiger partial charge is 0.377 e. The summed E-state index contributed by atoms with van der Waals surface area (Å²) in [6, 6.07) is 0. The number of carbonyl (C=O) groups is 2.